The van der Waals surface area contributed by atoms with E-state index < -0.39 is 0 Å². The van der Waals surface area contributed by atoms with Gasteiger partial charge in [0.2, 0.25) is 0 Å². The van der Waals surface area contributed by atoms with E-state index in [0.29, 0.717) is 12.0 Å². The molecule has 0 aliphatic heterocycles. The molecule has 3 nitrogen and oxygen atoms in total. The first-order valence-corrected chi connectivity index (χ1v) is 7.03. The van der Waals surface area contributed by atoms with E-state index in [2.05, 4.69) is 41.9 Å². The van der Waals surface area contributed by atoms with Crippen LogP contribution in [0.4, 0.5) is 0 Å². The Morgan fingerprint density at radius 3 is 2.94 bits per heavy atom. The molecular weight excluding hydrogens is 210 g/mol. The van der Waals surface area contributed by atoms with Crippen molar-refractivity contribution in [3.8, 4) is 0 Å². The fraction of sp³-hybridized carbons (Fsp3) is 0.786. The van der Waals surface area contributed by atoms with E-state index in [4.69, 9.17) is 0 Å². The van der Waals surface area contributed by atoms with Crippen LogP contribution < -0.4 is 5.32 Å². The van der Waals surface area contributed by atoms with Crippen LogP contribution in [0.5, 0.6) is 0 Å². The number of hydrogen-bond donors (Lipinski definition) is 1. The number of nitrogens with one attached hydrogen (secondary N) is 1. The van der Waals surface area contributed by atoms with E-state index in [1.807, 2.05) is 6.20 Å². The van der Waals surface area contributed by atoms with E-state index in [0.717, 1.165) is 19.0 Å². The Balaban J connectivity index is 2.04. The van der Waals surface area contributed by atoms with Gasteiger partial charge in [0.05, 0.1) is 0 Å². The van der Waals surface area contributed by atoms with Crippen molar-refractivity contribution in [2.45, 2.75) is 58.5 Å². The SMILES string of the molecule is CCCNC1CCC(c2ccnn2CC)C1C. The van der Waals surface area contributed by atoms with Crippen LogP contribution >= 0.6 is 0 Å². The van der Waals surface area contributed by atoms with Gasteiger partial charge in [-0.1, -0.05) is 13.8 Å². The number of hydrogen-bond acceptors (Lipinski definition) is 2. The van der Waals surface area contributed by atoms with Crippen LogP contribution in [0.25, 0.3) is 0 Å². The molecule has 0 spiro atoms. The van der Waals surface area contributed by atoms with E-state index in [9.17, 15) is 0 Å². The summed E-state index contributed by atoms with van der Waals surface area (Å²) in [6, 6.07) is 2.90. The van der Waals surface area contributed by atoms with E-state index >= 15 is 0 Å². The minimum absolute atomic E-state index is 0.687. The molecule has 3 unspecified atom stereocenters. The van der Waals surface area contributed by atoms with Gasteiger partial charge in [-0.15, -0.1) is 0 Å². The predicted octanol–water partition coefficient (Wildman–Crippen LogP) is 2.78. The summed E-state index contributed by atoms with van der Waals surface area (Å²) in [6.07, 6.45) is 5.77. The molecule has 0 amide bonds. The molecule has 3 heteroatoms. The second kappa shape index (κ2) is 5.67. The van der Waals surface area contributed by atoms with Crippen LogP contribution in [0.1, 0.15) is 51.6 Å². The Morgan fingerprint density at radius 1 is 1.41 bits per heavy atom. The summed E-state index contributed by atoms with van der Waals surface area (Å²) in [5.41, 5.74) is 1.43. The van der Waals surface area contributed by atoms with Crippen LogP contribution in [-0.2, 0) is 6.54 Å². The maximum atomic E-state index is 4.40. The highest BCUT2D eigenvalue weighted by Gasteiger charge is 2.34. The first kappa shape index (κ1) is 12.6. The summed E-state index contributed by atoms with van der Waals surface area (Å²) in [7, 11) is 0. The van der Waals surface area contributed by atoms with Crippen molar-refractivity contribution < 1.29 is 0 Å². The third-order valence-electron chi connectivity index (χ3n) is 4.14. The molecule has 1 saturated carbocycles. The third kappa shape index (κ3) is 2.54. The highest BCUT2D eigenvalue weighted by atomic mass is 15.3. The third-order valence-corrected chi connectivity index (χ3v) is 4.14. The van der Waals surface area contributed by atoms with Gasteiger partial charge < -0.3 is 5.32 Å². The van der Waals surface area contributed by atoms with Crippen LogP contribution in [0, 0.1) is 5.92 Å². The lowest BCUT2D eigenvalue weighted by Crippen LogP contribution is -2.33. The fourth-order valence-corrected chi connectivity index (χ4v) is 3.12. The van der Waals surface area contributed by atoms with Gasteiger partial charge in [0, 0.05) is 30.4 Å². The number of aryl methyl sites for hydroxylation is 1. The second-order valence-corrected chi connectivity index (χ2v) is 5.18. The van der Waals surface area contributed by atoms with Gasteiger partial charge in [-0.2, -0.15) is 5.10 Å². The van der Waals surface area contributed by atoms with Gasteiger partial charge in [0.25, 0.3) is 0 Å². The van der Waals surface area contributed by atoms with Gasteiger partial charge >= 0.3 is 0 Å². The number of rotatable bonds is 5. The Labute approximate surface area is 105 Å². The van der Waals surface area contributed by atoms with Crippen molar-refractivity contribution in [2.75, 3.05) is 6.54 Å². The Bertz CT molecular complexity index is 345. The zero-order valence-electron chi connectivity index (χ0n) is 11.3. The number of aromatic nitrogens is 2. The standard InChI is InChI=1S/C14H25N3/c1-4-9-15-13-7-6-12(11(13)3)14-8-10-16-17(14)5-2/h8,10-13,15H,4-7,9H2,1-3H3. The predicted molar refractivity (Wildman–Crippen MR) is 71.1 cm³/mol. The molecule has 1 heterocycles. The average molecular weight is 235 g/mol. The largest absolute Gasteiger partial charge is 0.314 e. The topological polar surface area (TPSA) is 29.9 Å². The lowest BCUT2D eigenvalue weighted by atomic mass is 9.92. The molecule has 1 aliphatic carbocycles. The molecule has 1 aromatic heterocycles. The van der Waals surface area contributed by atoms with Crippen LogP contribution in [-0.4, -0.2) is 22.4 Å². The first-order valence-electron chi connectivity index (χ1n) is 7.03. The molecule has 0 saturated heterocycles. The summed E-state index contributed by atoms with van der Waals surface area (Å²) in [6.45, 7) is 8.92. The van der Waals surface area contributed by atoms with Crippen molar-refractivity contribution in [1.82, 2.24) is 15.1 Å². The molecule has 96 valence electrons. The monoisotopic (exact) mass is 235 g/mol. The van der Waals surface area contributed by atoms with Crippen LogP contribution in [0.15, 0.2) is 12.3 Å². The van der Waals surface area contributed by atoms with E-state index in [1.54, 1.807) is 0 Å². The molecule has 1 fully saturated rings. The normalized spacial score (nSPS) is 28.8. The minimum atomic E-state index is 0.687. The molecule has 17 heavy (non-hydrogen) atoms. The van der Waals surface area contributed by atoms with Gasteiger partial charge in [0.1, 0.15) is 0 Å². The molecular formula is C14H25N3. The number of nitrogens with zero attached hydrogens (tertiary/aromatic N) is 2. The summed E-state index contributed by atoms with van der Waals surface area (Å²) >= 11 is 0. The van der Waals surface area contributed by atoms with Crippen molar-refractivity contribution in [3.05, 3.63) is 18.0 Å². The van der Waals surface area contributed by atoms with Gasteiger partial charge in [-0.05, 0) is 44.7 Å². The van der Waals surface area contributed by atoms with Gasteiger partial charge in [-0.3, -0.25) is 4.68 Å². The fourth-order valence-electron chi connectivity index (χ4n) is 3.12. The Hall–Kier alpha value is -0.830. The Morgan fingerprint density at radius 2 is 2.24 bits per heavy atom. The van der Waals surface area contributed by atoms with Crippen LogP contribution in [0.3, 0.4) is 0 Å². The molecule has 0 bridgehead atoms. The zero-order valence-corrected chi connectivity index (χ0v) is 11.3. The molecule has 0 radical (unpaired) electrons. The summed E-state index contributed by atoms with van der Waals surface area (Å²) < 4.78 is 2.16. The molecule has 1 aliphatic rings. The summed E-state index contributed by atoms with van der Waals surface area (Å²) in [5, 5.41) is 8.08. The summed E-state index contributed by atoms with van der Waals surface area (Å²) in [5.74, 6) is 1.41. The first-order chi connectivity index (χ1) is 8.27. The molecule has 1 N–H and O–H groups in total. The zero-order chi connectivity index (χ0) is 12.3. The minimum Gasteiger partial charge on any atom is -0.314 e. The van der Waals surface area contributed by atoms with E-state index in [-0.39, 0.29) is 0 Å². The maximum Gasteiger partial charge on any atom is 0.0492 e. The van der Waals surface area contributed by atoms with Crippen molar-refractivity contribution in [2.24, 2.45) is 5.92 Å². The summed E-state index contributed by atoms with van der Waals surface area (Å²) in [4.78, 5) is 0. The quantitative estimate of drug-likeness (QED) is 0.850. The molecule has 0 aromatic carbocycles. The van der Waals surface area contributed by atoms with Gasteiger partial charge in [-0.25, -0.2) is 0 Å². The van der Waals surface area contributed by atoms with Crippen molar-refractivity contribution in [1.29, 1.82) is 0 Å². The second-order valence-electron chi connectivity index (χ2n) is 5.18. The van der Waals surface area contributed by atoms with Crippen molar-refractivity contribution >= 4 is 0 Å². The maximum absolute atomic E-state index is 4.40. The van der Waals surface area contributed by atoms with Crippen molar-refractivity contribution in [3.63, 3.8) is 0 Å². The molecule has 3 atom stereocenters. The average Bonchev–Trinajstić information content (AvgIpc) is 2.93. The lowest BCUT2D eigenvalue weighted by molar-refractivity contribution is 0.393. The smallest absolute Gasteiger partial charge is 0.0492 e. The molecule has 2 rings (SSSR count). The highest BCUT2D eigenvalue weighted by molar-refractivity contribution is 5.13. The van der Waals surface area contributed by atoms with Gasteiger partial charge in [0.15, 0.2) is 0 Å². The lowest BCUT2D eigenvalue weighted by Gasteiger charge is -2.22. The van der Waals surface area contributed by atoms with E-state index in [1.165, 1.54) is 25.0 Å². The highest BCUT2D eigenvalue weighted by Crippen LogP contribution is 2.39. The Kier molecular flexibility index (Phi) is 4.21. The molecule has 1 aromatic rings. The van der Waals surface area contributed by atoms with Crippen LogP contribution in [0.2, 0.25) is 0 Å².